The monoisotopic (exact) mass is 443 g/mol. The maximum Gasteiger partial charge on any atom is 0.336 e. The van der Waals surface area contributed by atoms with Gasteiger partial charge in [0.05, 0.1) is 16.7 Å². The van der Waals surface area contributed by atoms with Crippen molar-refractivity contribution in [3.05, 3.63) is 106 Å². The molecule has 0 saturated carbocycles. The first-order valence-corrected chi connectivity index (χ1v) is 11.1. The van der Waals surface area contributed by atoms with E-state index in [2.05, 4.69) is 5.32 Å². The summed E-state index contributed by atoms with van der Waals surface area (Å²) in [6.45, 7) is 0. The first-order chi connectivity index (χ1) is 15.6. The summed E-state index contributed by atoms with van der Waals surface area (Å²) in [5.74, 6) is 0.00522. The minimum absolute atomic E-state index is 0.0873. The number of nitrogens with one attached hydrogen (secondary N) is 1. The average Bonchev–Trinajstić information content (AvgIpc) is 3.39. The van der Waals surface area contributed by atoms with Gasteiger partial charge in [0.2, 0.25) is 0 Å². The van der Waals surface area contributed by atoms with E-state index < -0.39 is 5.18 Å². The molecule has 3 aromatic rings. The SMILES string of the molecule is O=C1N[C@@]2(Oc3ccccc3[C@H]3CC(c4ccccc4)=NN32)S/C1=C\c1ccccc1F. The van der Waals surface area contributed by atoms with E-state index in [9.17, 15) is 9.18 Å². The molecule has 3 aliphatic rings. The van der Waals surface area contributed by atoms with Crippen LogP contribution < -0.4 is 10.1 Å². The number of fused-ring (bicyclic) bond motifs is 4. The molecule has 0 unspecified atom stereocenters. The van der Waals surface area contributed by atoms with E-state index in [-0.39, 0.29) is 17.8 Å². The van der Waals surface area contributed by atoms with Crippen LogP contribution in [0, 0.1) is 5.82 Å². The lowest BCUT2D eigenvalue weighted by Crippen LogP contribution is -2.58. The summed E-state index contributed by atoms with van der Waals surface area (Å²) in [5.41, 5.74) is 3.33. The second kappa shape index (κ2) is 7.24. The van der Waals surface area contributed by atoms with Gasteiger partial charge in [-0.1, -0.05) is 66.7 Å². The summed E-state index contributed by atoms with van der Waals surface area (Å²) < 4.78 is 20.6. The third-order valence-electron chi connectivity index (χ3n) is 5.78. The number of benzene rings is 3. The lowest BCUT2D eigenvalue weighted by molar-refractivity contribution is -0.127. The molecule has 2 atom stereocenters. The van der Waals surface area contributed by atoms with Gasteiger partial charge in [-0.3, -0.25) is 10.1 Å². The van der Waals surface area contributed by atoms with E-state index in [0.29, 0.717) is 22.6 Å². The van der Waals surface area contributed by atoms with Crippen LogP contribution in [0.15, 0.2) is 88.9 Å². The molecule has 32 heavy (non-hydrogen) atoms. The topological polar surface area (TPSA) is 53.9 Å². The van der Waals surface area contributed by atoms with Gasteiger partial charge in [-0.2, -0.15) is 5.10 Å². The van der Waals surface area contributed by atoms with E-state index in [1.165, 1.54) is 17.8 Å². The van der Waals surface area contributed by atoms with Gasteiger partial charge >= 0.3 is 5.18 Å². The van der Waals surface area contributed by atoms with Crippen LogP contribution in [0.3, 0.4) is 0 Å². The number of hydrazone groups is 1. The van der Waals surface area contributed by atoms with E-state index in [1.807, 2.05) is 59.6 Å². The number of halogens is 1. The van der Waals surface area contributed by atoms with Crippen LogP contribution in [-0.2, 0) is 4.79 Å². The van der Waals surface area contributed by atoms with Gasteiger partial charge < -0.3 is 4.74 Å². The van der Waals surface area contributed by atoms with Crippen molar-refractivity contribution in [2.45, 2.75) is 17.6 Å². The molecule has 1 fully saturated rings. The lowest BCUT2D eigenvalue weighted by atomic mass is 9.97. The van der Waals surface area contributed by atoms with Crippen molar-refractivity contribution in [1.29, 1.82) is 0 Å². The molecule has 0 aromatic heterocycles. The Balaban J connectivity index is 1.44. The number of ether oxygens (including phenoxy) is 1. The second-order valence-electron chi connectivity index (χ2n) is 7.79. The Morgan fingerprint density at radius 2 is 1.81 bits per heavy atom. The van der Waals surface area contributed by atoms with Crippen molar-refractivity contribution >= 4 is 29.5 Å². The maximum atomic E-state index is 14.2. The fourth-order valence-corrected chi connectivity index (χ4v) is 5.44. The van der Waals surface area contributed by atoms with Crippen molar-refractivity contribution in [3.63, 3.8) is 0 Å². The van der Waals surface area contributed by atoms with Crippen molar-refractivity contribution in [2.24, 2.45) is 5.10 Å². The van der Waals surface area contributed by atoms with E-state index >= 15 is 0 Å². The van der Waals surface area contributed by atoms with E-state index in [4.69, 9.17) is 9.84 Å². The molecule has 1 spiro atoms. The number of nitrogens with zero attached hydrogens (tertiary/aromatic N) is 2. The first kappa shape index (κ1) is 19.1. The Bertz CT molecular complexity index is 1290. The Labute approximate surface area is 188 Å². The highest BCUT2D eigenvalue weighted by atomic mass is 32.2. The van der Waals surface area contributed by atoms with Gasteiger partial charge in [0.25, 0.3) is 5.91 Å². The predicted octanol–water partition coefficient (Wildman–Crippen LogP) is 4.88. The zero-order valence-corrected chi connectivity index (χ0v) is 17.7. The molecule has 0 bridgehead atoms. The molecule has 3 heterocycles. The second-order valence-corrected chi connectivity index (χ2v) is 8.98. The van der Waals surface area contributed by atoms with Gasteiger partial charge in [-0.15, -0.1) is 0 Å². The molecule has 5 nitrogen and oxygen atoms in total. The highest BCUT2D eigenvalue weighted by Gasteiger charge is 2.57. The van der Waals surface area contributed by atoms with Crippen molar-refractivity contribution < 1.29 is 13.9 Å². The van der Waals surface area contributed by atoms with Crippen LogP contribution in [0.1, 0.15) is 29.2 Å². The fraction of sp³-hybridized carbons (Fsp3) is 0.120. The number of carbonyl (C=O) groups is 1. The van der Waals surface area contributed by atoms with Gasteiger partial charge in [0.1, 0.15) is 11.6 Å². The normalized spacial score (nSPS) is 24.7. The van der Waals surface area contributed by atoms with Gasteiger partial charge in [-0.05, 0) is 35.5 Å². The largest absolute Gasteiger partial charge is 0.439 e. The van der Waals surface area contributed by atoms with Crippen LogP contribution in [0.2, 0.25) is 0 Å². The van der Waals surface area contributed by atoms with Crippen molar-refractivity contribution in [3.8, 4) is 5.75 Å². The Morgan fingerprint density at radius 1 is 1.06 bits per heavy atom. The van der Waals surface area contributed by atoms with Crippen LogP contribution in [0.5, 0.6) is 5.75 Å². The van der Waals surface area contributed by atoms with Crippen LogP contribution >= 0.6 is 11.8 Å². The molecule has 3 aromatic carbocycles. The number of rotatable bonds is 2. The molecular formula is C25H18FN3O2S. The summed E-state index contributed by atoms with van der Waals surface area (Å²) in [6, 6.07) is 24.1. The number of thioether (sulfide) groups is 1. The number of hydrogen-bond donors (Lipinski definition) is 1. The first-order valence-electron chi connectivity index (χ1n) is 10.3. The van der Waals surface area contributed by atoms with Crippen molar-refractivity contribution in [1.82, 2.24) is 10.3 Å². The molecule has 7 heteroatoms. The minimum atomic E-state index is -1.23. The standard InChI is InChI=1S/C25H18FN3O2S/c26-19-12-6-4-10-17(19)14-23-24(30)27-25(32-23)29-21(18-11-5-7-13-22(18)31-25)15-20(28-29)16-8-2-1-3-9-16/h1-14,21H,15H2,(H,27,30)/b23-14-/t21-,25-/m1/s1. The molecule has 1 N–H and O–H groups in total. The number of hydrogen-bond acceptors (Lipinski definition) is 5. The number of amides is 1. The van der Waals surface area contributed by atoms with Crippen LogP contribution in [-0.4, -0.2) is 21.8 Å². The maximum absolute atomic E-state index is 14.2. The van der Waals surface area contributed by atoms with Gasteiger partial charge in [0.15, 0.2) is 0 Å². The average molecular weight is 444 g/mol. The molecule has 3 aliphatic heterocycles. The summed E-state index contributed by atoms with van der Waals surface area (Å²) in [6.07, 6.45) is 2.25. The number of para-hydroxylation sites is 1. The molecule has 6 rings (SSSR count). The Kier molecular flexibility index (Phi) is 4.33. The minimum Gasteiger partial charge on any atom is -0.439 e. The molecule has 158 valence electrons. The summed E-state index contributed by atoms with van der Waals surface area (Å²) in [4.78, 5) is 13.3. The molecule has 0 radical (unpaired) electrons. The molecule has 1 amide bonds. The highest BCUT2D eigenvalue weighted by molar-refractivity contribution is 8.05. The highest BCUT2D eigenvalue weighted by Crippen LogP contribution is 2.53. The van der Waals surface area contributed by atoms with Crippen molar-refractivity contribution in [2.75, 3.05) is 0 Å². The summed E-state index contributed by atoms with van der Waals surface area (Å²) in [7, 11) is 0. The zero-order valence-electron chi connectivity index (χ0n) is 16.9. The third-order valence-corrected chi connectivity index (χ3v) is 6.95. The lowest BCUT2D eigenvalue weighted by Gasteiger charge is -2.43. The van der Waals surface area contributed by atoms with Gasteiger partial charge in [0, 0.05) is 17.5 Å². The Hall–Kier alpha value is -3.58. The summed E-state index contributed by atoms with van der Waals surface area (Å²) >= 11 is 1.21. The number of carbonyl (C=O) groups excluding carboxylic acids is 1. The third kappa shape index (κ3) is 3.00. The zero-order chi connectivity index (χ0) is 21.7. The molecular weight excluding hydrogens is 425 g/mol. The van der Waals surface area contributed by atoms with Crippen LogP contribution in [0.25, 0.3) is 6.08 Å². The van der Waals surface area contributed by atoms with E-state index in [1.54, 1.807) is 24.3 Å². The fourth-order valence-electron chi connectivity index (χ4n) is 4.28. The Morgan fingerprint density at radius 3 is 2.66 bits per heavy atom. The quantitative estimate of drug-likeness (QED) is 0.574. The molecule has 1 saturated heterocycles. The smallest absolute Gasteiger partial charge is 0.336 e. The molecule has 0 aliphatic carbocycles. The van der Waals surface area contributed by atoms with Crippen LogP contribution in [0.4, 0.5) is 4.39 Å². The van der Waals surface area contributed by atoms with E-state index in [0.717, 1.165) is 16.8 Å². The summed E-state index contributed by atoms with van der Waals surface area (Å²) in [5, 5.41) is 8.47. The predicted molar refractivity (Wildman–Crippen MR) is 122 cm³/mol. The van der Waals surface area contributed by atoms with Gasteiger partial charge in [-0.25, -0.2) is 9.40 Å².